The number of carbonyl (C=O) groups excluding carboxylic acids is 1. The van der Waals surface area contributed by atoms with Crippen LogP contribution in [-0.2, 0) is 16.1 Å². The SMILES string of the molecule is O=C(O)C(=O)NCc1ccon1. The molecule has 0 saturated heterocycles. The van der Waals surface area contributed by atoms with E-state index in [0.717, 1.165) is 0 Å². The highest BCUT2D eigenvalue weighted by atomic mass is 16.5. The zero-order valence-corrected chi connectivity index (χ0v) is 5.98. The molecule has 1 aromatic heterocycles. The summed E-state index contributed by atoms with van der Waals surface area (Å²) in [6.45, 7) is 0.0572. The molecule has 1 aromatic rings. The molecule has 2 N–H and O–H groups in total. The number of amides is 1. The molecule has 6 nitrogen and oxygen atoms in total. The van der Waals surface area contributed by atoms with Crippen molar-refractivity contribution < 1.29 is 19.2 Å². The van der Waals surface area contributed by atoms with Gasteiger partial charge in [-0.15, -0.1) is 0 Å². The van der Waals surface area contributed by atoms with E-state index in [4.69, 9.17) is 5.11 Å². The van der Waals surface area contributed by atoms with E-state index in [1.54, 1.807) is 0 Å². The Labute approximate surface area is 67.2 Å². The van der Waals surface area contributed by atoms with Crippen LogP contribution in [0.2, 0.25) is 0 Å². The zero-order chi connectivity index (χ0) is 8.97. The van der Waals surface area contributed by atoms with E-state index in [1.165, 1.54) is 12.3 Å². The summed E-state index contributed by atoms with van der Waals surface area (Å²) in [7, 11) is 0. The zero-order valence-electron chi connectivity index (χ0n) is 5.98. The number of nitrogens with one attached hydrogen (secondary N) is 1. The second-order valence-corrected chi connectivity index (χ2v) is 1.98. The summed E-state index contributed by atoms with van der Waals surface area (Å²) in [5.41, 5.74) is 0.476. The summed E-state index contributed by atoms with van der Waals surface area (Å²) in [5, 5.41) is 13.7. The normalized spacial score (nSPS) is 9.33. The number of rotatable bonds is 2. The van der Waals surface area contributed by atoms with E-state index >= 15 is 0 Å². The minimum Gasteiger partial charge on any atom is -0.474 e. The Kier molecular flexibility index (Phi) is 2.42. The second-order valence-electron chi connectivity index (χ2n) is 1.98. The third-order valence-corrected chi connectivity index (χ3v) is 1.12. The highest BCUT2D eigenvalue weighted by Crippen LogP contribution is 1.92. The molecule has 0 aliphatic heterocycles. The molecule has 1 rings (SSSR count). The average Bonchev–Trinajstić information content (AvgIpc) is 2.51. The van der Waals surface area contributed by atoms with Crippen molar-refractivity contribution in [2.24, 2.45) is 0 Å². The standard InChI is InChI=1S/C6H6N2O4/c9-5(6(10)11)7-3-4-1-2-12-8-4/h1-2H,3H2,(H,7,9)(H,10,11). The van der Waals surface area contributed by atoms with Crippen molar-refractivity contribution in [3.63, 3.8) is 0 Å². The van der Waals surface area contributed by atoms with Crippen LogP contribution < -0.4 is 5.32 Å². The molecule has 0 aliphatic rings. The molecule has 1 heterocycles. The van der Waals surface area contributed by atoms with Crippen molar-refractivity contribution in [2.45, 2.75) is 6.54 Å². The first-order valence-electron chi connectivity index (χ1n) is 3.10. The molecule has 0 aromatic carbocycles. The number of hydrogen-bond acceptors (Lipinski definition) is 4. The molecule has 0 atom stereocenters. The highest BCUT2D eigenvalue weighted by molar-refractivity contribution is 6.31. The largest absolute Gasteiger partial charge is 0.474 e. The molecule has 0 saturated carbocycles. The summed E-state index contributed by atoms with van der Waals surface area (Å²) < 4.78 is 4.46. The average molecular weight is 170 g/mol. The Balaban J connectivity index is 2.37. The van der Waals surface area contributed by atoms with Gasteiger partial charge in [0.15, 0.2) is 0 Å². The van der Waals surface area contributed by atoms with Gasteiger partial charge in [0.1, 0.15) is 12.0 Å². The maximum absolute atomic E-state index is 10.5. The van der Waals surface area contributed by atoms with E-state index in [0.29, 0.717) is 5.69 Å². The van der Waals surface area contributed by atoms with Crippen LogP contribution in [0.5, 0.6) is 0 Å². The van der Waals surface area contributed by atoms with Gasteiger partial charge in [-0.1, -0.05) is 5.16 Å². The summed E-state index contributed by atoms with van der Waals surface area (Å²) in [5.74, 6) is -2.57. The van der Waals surface area contributed by atoms with Gasteiger partial charge in [0.2, 0.25) is 0 Å². The lowest BCUT2D eigenvalue weighted by atomic mass is 10.4. The lowest BCUT2D eigenvalue weighted by molar-refractivity contribution is -0.150. The Morgan fingerprint density at radius 2 is 2.42 bits per heavy atom. The molecular weight excluding hydrogens is 164 g/mol. The van der Waals surface area contributed by atoms with Crippen molar-refractivity contribution in [1.29, 1.82) is 0 Å². The van der Waals surface area contributed by atoms with E-state index in [9.17, 15) is 9.59 Å². The van der Waals surface area contributed by atoms with Gasteiger partial charge in [-0.05, 0) is 0 Å². The van der Waals surface area contributed by atoms with Gasteiger partial charge < -0.3 is 14.9 Å². The van der Waals surface area contributed by atoms with Gasteiger partial charge in [-0.3, -0.25) is 4.79 Å². The number of hydrogen-bond donors (Lipinski definition) is 2. The van der Waals surface area contributed by atoms with Crippen LogP contribution in [0.4, 0.5) is 0 Å². The minimum absolute atomic E-state index is 0.0572. The monoisotopic (exact) mass is 170 g/mol. The molecule has 0 bridgehead atoms. The fraction of sp³-hybridized carbons (Fsp3) is 0.167. The number of aromatic nitrogens is 1. The number of carboxylic acids is 1. The Hall–Kier alpha value is -1.85. The van der Waals surface area contributed by atoms with E-state index in [2.05, 4.69) is 15.0 Å². The van der Waals surface area contributed by atoms with Crippen molar-refractivity contribution in [1.82, 2.24) is 10.5 Å². The summed E-state index contributed by atoms with van der Waals surface area (Å²) in [6, 6.07) is 1.53. The molecular formula is C6H6N2O4. The number of nitrogens with zero attached hydrogens (tertiary/aromatic N) is 1. The number of carboxylic acid groups (broad SMARTS) is 1. The van der Waals surface area contributed by atoms with Crippen molar-refractivity contribution >= 4 is 11.9 Å². The van der Waals surface area contributed by atoms with Gasteiger partial charge in [0.05, 0.1) is 6.54 Å². The van der Waals surface area contributed by atoms with Crippen molar-refractivity contribution in [3.05, 3.63) is 18.0 Å². The molecule has 6 heteroatoms. The van der Waals surface area contributed by atoms with Crippen LogP contribution in [0, 0.1) is 0 Å². The second kappa shape index (κ2) is 3.51. The maximum atomic E-state index is 10.5. The predicted molar refractivity (Wildman–Crippen MR) is 36.0 cm³/mol. The van der Waals surface area contributed by atoms with Crippen molar-refractivity contribution in [2.75, 3.05) is 0 Å². The molecule has 0 aliphatic carbocycles. The number of carbonyl (C=O) groups is 2. The third kappa shape index (κ3) is 2.08. The van der Waals surface area contributed by atoms with Gasteiger partial charge in [0, 0.05) is 6.07 Å². The van der Waals surface area contributed by atoms with E-state index in [1.807, 2.05) is 0 Å². The summed E-state index contributed by atoms with van der Waals surface area (Å²) >= 11 is 0. The topological polar surface area (TPSA) is 92.4 Å². The molecule has 64 valence electrons. The maximum Gasteiger partial charge on any atom is 0.394 e. The molecule has 12 heavy (non-hydrogen) atoms. The van der Waals surface area contributed by atoms with E-state index in [-0.39, 0.29) is 6.54 Å². The highest BCUT2D eigenvalue weighted by Gasteiger charge is 2.10. The third-order valence-electron chi connectivity index (χ3n) is 1.12. The van der Waals surface area contributed by atoms with Crippen LogP contribution in [0.25, 0.3) is 0 Å². The predicted octanol–water partition coefficient (Wildman–Crippen LogP) is -0.625. The summed E-state index contributed by atoms with van der Waals surface area (Å²) in [6.07, 6.45) is 1.34. The smallest absolute Gasteiger partial charge is 0.394 e. The van der Waals surface area contributed by atoms with Crippen LogP contribution in [0.1, 0.15) is 5.69 Å². The van der Waals surface area contributed by atoms with Crippen LogP contribution in [0.15, 0.2) is 16.9 Å². The van der Waals surface area contributed by atoms with Crippen LogP contribution in [-0.4, -0.2) is 22.1 Å². The number of aliphatic carboxylic acids is 1. The molecule has 0 radical (unpaired) electrons. The van der Waals surface area contributed by atoms with Crippen molar-refractivity contribution in [3.8, 4) is 0 Å². The van der Waals surface area contributed by atoms with Gasteiger partial charge in [-0.25, -0.2) is 4.79 Å². The van der Waals surface area contributed by atoms with Gasteiger partial charge >= 0.3 is 11.9 Å². The molecule has 0 unspecified atom stereocenters. The first-order valence-corrected chi connectivity index (χ1v) is 3.10. The fourth-order valence-corrected chi connectivity index (χ4v) is 0.575. The quantitative estimate of drug-likeness (QED) is 0.577. The minimum atomic E-state index is -1.52. The Bertz CT molecular complexity index is 280. The first-order chi connectivity index (χ1) is 5.70. The fourth-order valence-electron chi connectivity index (χ4n) is 0.575. The first kappa shape index (κ1) is 8.25. The van der Waals surface area contributed by atoms with Crippen LogP contribution >= 0.6 is 0 Å². The Morgan fingerprint density at radius 1 is 1.67 bits per heavy atom. The summed E-state index contributed by atoms with van der Waals surface area (Å²) in [4.78, 5) is 20.5. The van der Waals surface area contributed by atoms with Crippen LogP contribution in [0.3, 0.4) is 0 Å². The molecule has 0 fully saturated rings. The Morgan fingerprint density at radius 3 is 2.92 bits per heavy atom. The van der Waals surface area contributed by atoms with Gasteiger partial charge in [0.25, 0.3) is 0 Å². The molecule has 0 spiro atoms. The lowest BCUT2D eigenvalue weighted by Crippen LogP contribution is -2.30. The van der Waals surface area contributed by atoms with E-state index < -0.39 is 11.9 Å². The van der Waals surface area contributed by atoms with Gasteiger partial charge in [-0.2, -0.15) is 0 Å². The molecule has 1 amide bonds. The lowest BCUT2D eigenvalue weighted by Gasteiger charge is -1.95.